The molecule has 1 aromatic carbocycles. The van der Waals surface area contributed by atoms with E-state index < -0.39 is 10.0 Å². The number of sulfonamides is 1. The Morgan fingerprint density at radius 2 is 1.96 bits per heavy atom. The molecule has 1 aromatic heterocycles. The van der Waals surface area contributed by atoms with Crippen LogP contribution in [0.3, 0.4) is 0 Å². The van der Waals surface area contributed by atoms with E-state index in [1.54, 1.807) is 25.3 Å². The number of piperidine rings is 1. The molecule has 0 spiro atoms. The highest BCUT2D eigenvalue weighted by atomic mass is 32.2. The lowest BCUT2D eigenvalue weighted by Crippen LogP contribution is -2.44. The SMILES string of the molecule is COc1ccc(S(=O)(=O)NC2CCN(c3cc(C)[nH]n3)CC2)cc1C. The number of nitrogens with zero attached hydrogens (tertiary/aromatic N) is 2. The lowest BCUT2D eigenvalue weighted by Gasteiger charge is -2.32. The van der Waals surface area contributed by atoms with Gasteiger partial charge in [0.2, 0.25) is 10.0 Å². The lowest BCUT2D eigenvalue weighted by molar-refractivity contribution is 0.411. The third-order valence-corrected chi connectivity index (χ3v) is 6.03. The zero-order valence-electron chi connectivity index (χ0n) is 14.7. The Hall–Kier alpha value is -2.06. The molecule has 2 N–H and O–H groups in total. The van der Waals surface area contributed by atoms with Crippen molar-refractivity contribution in [2.75, 3.05) is 25.1 Å². The third-order valence-electron chi connectivity index (χ3n) is 4.51. The number of hydrogen-bond acceptors (Lipinski definition) is 5. The van der Waals surface area contributed by atoms with Crippen LogP contribution in [0.5, 0.6) is 5.75 Å². The largest absolute Gasteiger partial charge is 0.496 e. The first-order valence-electron chi connectivity index (χ1n) is 8.33. The summed E-state index contributed by atoms with van der Waals surface area (Å²) in [6.07, 6.45) is 1.50. The molecule has 0 atom stereocenters. The van der Waals surface area contributed by atoms with E-state index in [-0.39, 0.29) is 10.9 Å². The second-order valence-electron chi connectivity index (χ2n) is 6.42. The highest BCUT2D eigenvalue weighted by Crippen LogP contribution is 2.23. The highest BCUT2D eigenvalue weighted by molar-refractivity contribution is 7.89. The molecule has 0 radical (unpaired) electrons. The van der Waals surface area contributed by atoms with Gasteiger partial charge in [-0.05, 0) is 50.5 Å². The molecule has 3 rings (SSSR count). The molecule has 1 saturated heterocycles. The predicted molar refractivity (Wildman–Crippen MR) is 96.6 cm³/mol. The summed E-state index contributed by atoms with van der Waals surface area (Å²) in [5, 5.41) is 7.20. The normalized spacial score (nSPS) is 16.2. The number of methoxy groups -OCH3 is 1. The van der Waals surface area contributed by atoms with Gasteiger partial charge in [0.15, 0.2) is 5.82 Å². The summed E-state index contributed by atoms with van der Waals surface area (Å²) in [5.41, 5.74) is 1.82. The fraction of sp³-hybridized carbons (Fsp3) is 0.471. The summed E-state index contributed by atoms with van der Waals surface area (Å²) < 4.78 is 33.3. The molecule has 0 bridgehead atoms. The van der Waals surface area contributed by atoms with Gasteiger partial charge in [0.25, 0.3) is 0 Å². The van der Waals surface area contributed by atoms with Crippen LogP contribution >= 0.6 is 0 Å². The first kappa shape index (κ1) is 17.8. The summed E-state index contributed by atoms with van der Waals surface area (Å²) in [6.45, 7) is 5.36. The van der Waals surface area contributed by atoms with Crippen molar-refractivity contribution >= 4 is 15.8 Å². The minimum atomic E-state index is -3.53. The van der Waals surface area contributed by atoms with E-state index in [9.17, 15) is 8.42 Å². The third kappa shape index (κ3) is 3.96. The van der Waals surface area contributed by atoms with Crippen molar-refractivity contribution in [1.82, 2.24) is 14.9 Å². The number of H-pyrrole nitrogens is 1. The van der Waals surface area contributed by atoms with E-state index >= 15 is 0 Å². The van der Waals surface area contributed by atoms with Crippen molar-refractivity contribution < 1.29 is 13.2 Å². The van der Waals surface area contributed by atoms with Crippen LogP contribution in [-0.4, -0.2) is 44.9 Å². The number of aromatic amines is 1. The van der Waals surface area contributed by atoms with Gasteiger partial charge in [-0.1, -0.05) is 0 Å². The van der Waals surface area contributed by atoms with Crippen LogP contribution in [0.15, 0.2) is 29.2 Å². The molecular formula is C17H24N4O3S. The second kappa shape index (κ2) is 7.05. The average Bonchev–Trinajstić information content (AvgIpc) is 3.01. The molecule has 1 aliphatic heterocycles. The van der Waals surface area contributed by atoms with E-state index in [0.717, 1.165) is 43.0 Å². The maximum Gasteiger partial charge on any atom is 0.240 e. The minimum Gasteiger partial charge on any atom is -0.496 e. The molecule has 7 nitrogen and oxygen atoms in total. The maximum atomic E-state index is 12.6. The monoisotopic (exact) mass is 364 g/mol. The van der Waals surface area contributed by atoms with Crippen molar-refractivity contribution in [3.8, 4) is 5.75 Å². The van der Waals surface area contributed by atoms with Crippen molar-refractivity contribution in [1.29, 1.82) is 0 Å². The molecule has 1 aliphatic rings. The van der Waals surface area contributed by atoms with Crippen molar-refractivity contribution in [2.24, 2.45) is 0 Å². The van der Waals surface area contributed by atoms with Gasteiger partial charge in [0, 0.05) is 30.9 Å². The lowest BCUT2D eigenvalue weighted by atomic mass is 10.1. The number of rotatable bonds is 5. The summed E-state index contributed by atoms with van der Waals surface area (Å²) in [5.74, 6) is 1.60. The van der Waals surface area contributed by atoms with Crippen molar-refractivity contribution in [3.63, 3.8) is 0 Å². The summed E-state index contributed by atoms with van der Waals surface area (Å²) in [4.78, 5) is 2.45. The molecule has 0 unspecified atom stereocenters. The van der Waals surface area contributed by atoms with Gasteiger partial charge in [-0.15, -0.1) is 0 Å². The standard InChI is InChI=1S/C17H24N4O3S/c1-12-10-15(4-5-16(12)24-3)25(22,23)20-14-6-8-21(9-7-14)17-11-13(2)18-19-17/h4-5,10-11,14,20H,6-9H2,1-3H3,(H,18,19). The first-order valence-corrected chi connectivity index (χ1v) is 9.81. The summed E-state index contributed by atoms with van der Waals surface area (Å²) >= 11 is 0. The van der Waals surface area contributed by atoms with Crippen LogP contribution in [-0.2, 0) is 10.0 Å². The van der Waals surface area contributed by atoms with Gasteiger partial charge in [0.1, 0.15) is 5.75 Å². The Morgan fingerprint density at radius 1 is 1.24 bits per heavy atom. The van der Waals surface area contributed by atoms with Crippen LogP contribution in [0.2, 0.25) is 0 Å². The number of aryl methyl sites for hydroxylation is 2. The highest BCUT2D eigenvalue weighted by Gasteiger charge is 2.25. The Labute approximate surface area is 148 Å². The summed E-state index contributed by atoms with van der Waals surface area (Å²) in [7, 11) is -1.96. The predicted octanol–water partition coefficient (Wildman–Crippen LogP) is 1.98. The van der Waals surface area contributed by atoms with Gasteiger partial charge < -0.3 is 9.64 Å². The average molecular weight is 364 g/mol. The van der Waals surface area contributed by atoms with Crippen molar-refractivity contribution in [2.45, 2.75) is 37.6 Å². The first-order chi connectivity index (χ1) is 11.9. The Balaban J connectivity index is 1.63. The van der Waals surface area contributed by atoms with E-state index in [2.05, 4.69) is 19.8 Å². The molecule has 25 heavy (non-hydrogen) atoms. The maximum absolute atomic E-state index is 12.6. The van der Waals surface area contributed by atoms with Gasteiger partial charge in [-0.3, -0.25) is 5.10 Å². The molecule has 0 aliphatic carbocycles. The van der Waals surface area contributed by atoms with E-state index in [0.29, 0.717) is 5.75 Å². The fourth-order valence-electron chi connectivity index (χ4n) is 3.10. The minimum absolute atomic E-state index is 0.0660. The molecule has 2 heterocycles. The van der Waals surface area contributed by atoms with Gasteiger partial charge in [0.05, 0.1) is 12.0 Å². The molecule has 0 amide bonds. The zero-order valence-corrected chi connectivity index (χ0v) is 15.6. The number of hydrogen-bond donors (Lipinski definition) is 2. The van der Waals surface area contributed by atoms with Crippen molar-refractivity contribution in [3.05, 3.63) is 35.5 Å². The smallest absolute Gasteiger partial charge is 0.240 e. The number of nitrogens with one attached hydrogen (secondary N) is 2. The van der Waals surface area contributed by atoms with E-state index in [1.165, 1.54) is 0 Å². The van der Waals surface area contributed by atoms with Gasteiger partial charge >= 0.3 is 0 Å². The molecule has 0 saturated carbocycles. The molecule has 2 aromatic rings. The molecule has 136 valence electrons. The van der Waals surface area contributed by atoms with E-state index in [1.807, 2.05) is 19.9 Å². The Kier molecular flexibility index (Phi) is 5.01. The number of ether oxygens (including phenoxy) is 1. The molecular weight excluding hydrogens is 340 g/mol. The van der Waals surface area contributed by atoms with Crippen LogP contribution in [0.4, 0.5) is 5.82 Å². The van der Waals surface area contributed by atoms with E-state index in [4.69, 9.17) is 4.74 Å². The topological polar surface area (TPSA) is 87.3 Å². The van der Waals surface area contributed by atoms with Gasteiger partial charge in [-0.25, -0.2) is 13.1 Å². The fourth-order valence-corrected chi connectivity index (χ4v) is 4.49. The Morgan fingerprint density at radius 3 is 2.52 bits per heavy atom. The molecule has 1 fully saturated rings. The van der Waals surface area contributed by atoms with Crippen LogP contribution < -0.4 is 14.4 Å². The Bertz CT molecular complexity index is 839. The molecule has 8 heteroatoms. The zero-order chi connectivity index (χ0) is 18.0. The number of anilines is 1. The van der Waals surface area contributed by atoms with Crippen LogP contribution in [0, 0.1) is 13.8 Å². The van der Waals surface area contributed by atoms with Crippen LogP contribution in [0.1, 0.15) is 24.1 Å². The second-order valence-corrected chi connectivity index (χ2v) is 8.14. The van der Waals surface area contributed by atoms with Gasteiger partial charge in [-0.2, -0.15) is 5.10 Å². The van der Waals surface area contributed by atoms with Crippen LogP contribution in [0.25, 0.3) is 0 Å². The number of aromatic nitrogens is 2. The quantitative estimate of drug-likeness (QED) is 0.847. The summed E-state index contributed by atoms with van der Waals surface area (Å²) in [6, 6.07) is 6.85. The number of benzene rings is 1.